The standard InChI is InChI=1S/C10H13IN2/c11-13-5-3-10(8-13)6-9-2-1-4-12-7-9/h1-2,4,7,10H,3,5-6,8H2. The van der Waals surface area contributed by atoms with E-state index in [2.05, 4.69) is 37.0 Å². The molecule has 0 aliphatic carbocycles. The largest absolute Gasteiger partial charge is 0.264 e. The van der Waals surface area contributed by atoms with E-state index < -0.39 is 0 Å². The first-order valence-corrected chi connectivity index (χ1v) is 5.61. The fourth-order valence-electron chi connectivity index (χ4n) is 1.80. The summed E-state index contributed by atoms with van der Waals surface area (Å²) in [5.74, 6) is 0.834. The van der Waals surface area contributed by atoms with Gasteiger partial charge in [0, 0.05) is 48.3 Å². The Morgan fingerprint density at radius 3 is 3.15 bits per heavy atom. The summed E-state index contributed by atoms with van der Waals surface area (Å²) in [4.78, 5) is 4.13. The van der Waals surface area contributed by atoms with Crippen LogP contribution in [-0.2, 0) is 6.42 Å². The van der Waals surface area contributed by atoms with Crippen molar-refractivity contribution < 1.29 is 0 Å². The van der Waals surface area contributed by atoms with Gasteiger partial charge in [0.1, 0.15) is 0 Å². The SMILES string of the molecule is IN1CCC(Cc2cccnc2)C1. The second kappa shape index (κ2) is 4.37. The minimum absolute atomic E-state index is 0.834. The van der Waals surface area contributed by atoms with Gasteiger partial charge in [0.05, 0.1) is 0 Å². The third-order valence-electron chi connectivity index (χ3n) is 2.48. The summed E-state index contributed by atoms with van der Waals surface area (Å²) in [5, 5.41) is 0. The lowest BCUT2D eigenvalue weighted by Gasteiger charge is -2.08. The lowest BCUT2D eigenvalue weighted by molar-refractivity contribution is 0.541. The van der Waals surface area contributed by atoms with Crippen LogP contribution in [0.1, 0.15) is 12.0 Å². The molecule has 3 heteroatoms. The second-order valence-corrected chi connectivity index (χ2v) is 4.95. The first-order chi connectivity index (χ1) is 6.34. The zero-order chi connectivity index (χ0) is 9.10. The molecule has 0 amide bonds. The average Bonchev–Trinajstić information content (AvgIpc) is 2.53. The third-order valence-corrected chi connectivity index (χ3v) is 3.36. The van der Waals surface area contributed by atoms with E-state index in [1.165, 1.54) is 31.5 Å². The fraction of sp³-hybridized carbons (Fsp3) is 0.500. The van der Waals surface area contributed by atoms with Gasteiger partial charge in [-0.25, -0.2) is 3.11 Å². The molecule has 1 aliphatic heterocycles. The molecule has 13 heavy (non-hydrogen) atoms. The highest BCUT2D eigenvalue weighted by atomic mass is 127. The second-order valence-electron chi connectivity index (χ2n) is 3.59. The maximum absolute atomic E-state index is 4.13. The van der Waals surface area contributed by atoms with E-state index >= 15 is 0 Å². The molecule has 1 aromatic heterocycles. The van der Waals surface area contributed by atoms with E-state index in [-0.39, 0.29) is 0 Å². The van der Waals surface area contributed by atoms with E-state index in [0.717, 1.165) is 5.92 Å². The molecule has 0 radical (unpaired) electrons. The molecule has 1 unspecified atom stereocenters. The molecule has 2 rings (SSSR count). The Kier molecular flexibility index (Phi) is 3.16. The topological polar surface area (TPSA) is 16.1 Å². The summed E-state index contributed by atoms with van der Waals surface area (Å²) in [7, 11) is 0. The van der Waals surface area contributed by atoms with Gasteiger partial charge in [-0.2, -0.15) is 0 Å². The number of hydrogen-bond donors (Lipinski definition) is 0. The minimum atomic E-state index is 0.834. The molecule has 1 saturated heterocycles. The van der Waals surface area contributed by atoms with Crippen molar-refractivity contribution in [3.63, 3.8) is 0 Å². The molecule has 2 nitrogen and oxygen atoms in total. The molecule has 1 aliphatic rings. The minimum Gasteiger partial charge on any atom is -0.264 e. The predicted octanol–water partition coefficient (Wildman–Crippen LogP) is 2.30. The normalized spacial score (nSPS) is 23.6. The van der Waals surface area contributed by atoms with Crippen LogP contribution < -0.4 is 0 Å². The van der Waals surface area contributed by atoms with Gasteiger partial charge in [0.25, 0.3) is 0 Å². The van der Waals surface area contributed by atoms with Crippen LogP contribution in [0.4, 0.5) is 0 Å². The Morgan fingerprint density at radius 2 is 2.54 bits per heavy atom. The van der Waals surface area contributed by atoms with Gasteiger partial charge < -0.3 is 0 Å². The van der Waals surface area contributed by atoms with Crippen LogP contribution in [0, 0.1) is 5.92 Å². The lowest BCUT2D eigenvalue weighted by Crippen LogP contribution is -2.09. The van der Waals surface area contributed by atoms with Gasteiger partial charge in [-0.15, -0.1) is 0 Å². The molecule has 1 atom stereocenters. The van der Waals surface area contributed by atoms with Crippen LogP contribution in [-0.4, -0.2) is 21.2 Å². The van der Waals surface area contributed by atoms with Crippen LogP contribution in [0.2, 0.25) is 0 Å². The number of halogens is 1. The number of pyridine rings is 1. The monoisotopic (exact) mass is 288 g/mol. The van der Waals surface area contributed by atoms with Gasteiger partial charge >= 0.3 is 0 Å². The quantitative estimate of drug-likeness (QED) is 0.613. The number of hydrogen-bond acceptors (Lipinski definition) is 2. The molecule has 1 aromatic rings. The van der Waals surface area contributed by atoms with Gasteiger partial charge in [-0.1, -0.05) is 6.07 Å². The fourth-order valence-corrected chi connectivity index (χ4v) is 2.64. The molecule has 0 N–H and O–H groups in total. The Labute approximate surface area is 92.8 Å². The van der Waals surface area contributed by atoms with Gasteiger partial charge in [0.2, 0.25) is 0 Å². The zero-order valence-electron chi connectivity index (χ0n) is 7.49. The number of aromatic nitrogens is 1. The van der Waals surface area contributed by atoms with Crippen molar-refractivity contribution in [2.75, 3.05) is 13.1 Å². The first-order valence-electron chi connectivity index (χ1n) is 4.64. The van der Waals surface area contributed by atoms with Crippen LogP contribution >= 0.6 is 22.9 Å². The Hall–Kier alpha value is -0.160. The summed E-state index contributed by atoms with van der Waals surface area (Å²) in [6.07, 6.45) is 6.34. The van der Waals surface area contributed by atoms with E-state index in [9.17, 15) is 0 Å². The molecule has 0 spiro atoms. The summed E-state index contributed by atoms with van der Waals surface area (Å²) in [6, 6.07) is 4.19. The van der Waals surface area contributed by atoms with Crippen molar-refractivity contribution in [3.8, 4) is 0 Å². The molecule has 1 fully saturated rings. The highest BCUT2D eigenvalue weighted by molar-refractivity contribution is 14.1. The van der Waals surface area contributed by atoms with E-state index in [1.807, 2.05) is 18.5 Å². The van der Waals surface area contributed by atoms with Gasteiger partial charge in [-0.05, 0) is 30.4 Å². The van der Waals surface area contributed by atoms with Crippen LogP contribution in [0.5, 0.6) is 0 Å². The van der Waals surface area contributed by atoms with Crippen molar-refractivity contribution in [2.24, 2.45) is 5.92 Å². The maximum Gasteiger partial charge on any atom is 0.0299 e. The first kappa shape index (κ1) is 9.40. The average molecular weight is 288 g/mol. The molecule has 70 valence electrons. The highest BCUT2D eigenvalue weighted by Crippen LogP contribution is 2.22. The zero-order valence-corrected chi connectivity index (χ0v) is 9.65. The van der Waals surface area contributed by atoms with E-state index in [4.69, 9.17) is 0 Å². The van der Waals surface area contributed by atoms with Crippen LogP contribution in [0.25, 0.3) is 0 Å². The predicted molar refractivity (Wildman–Crippen MR) is 61.6 cm³/mol. The maximum atomic E-state index is 4.13. The van der Waals surface area contributed by atoms with Crippen LogP contribution in [0.3, 0.4) is 0 Å². The number of nitrogens with zero attached hydrogens (tertiary/aromatic N) is 2. The Balaban J connectivity index is 1.92. The van der Waals surface area contributed by atoms with Crippen molar-refractivity contribution in [1.29, 1.82) is 0 Å². The molecule has 0 saturated carbocycles. The lowest BCUT2D eigenvalue weighted by atomic mass is 10.0. The molecular formula is C10H13IN2. The van der Waals surface area contributed by atoms with Crippen molar-refractivity contribution in [1.82, 2.24) is 8.10 Å². The van der Waals surface area contributed by atoms with E-state index in [1.54, 1.807) is 0 Å². The van der Waals surface area contributed by atoms with Crippen molar-refractivity contribution >= 4 is 22.9 Å². The van der Waals surface area contributed by atoms with Crippen molar-refractivity contribution in [2.45, 2.75) is 12.8 Å². The summed E-state index contributed by atoms with van der Waals surface area (Å²) in [5.41, 5.74) is 1.37. The van der Waals surface area contributed by atoms with Crippen LogP contribution in [0.15, 0.2) is 24.5 Å². The highest BCUT2D eigenvalue weighted by Gasteiger charge is 2.20. The summed E-state index contributed by atoms with van der Waals surface area (Å²) in [6.45, 7) is 2.47. The van der Waals surface area contributed by atoms with E-state index in [0.29, 0.717) is 0 Å². The molecular weight excluding hydrogens is 275 g/mol. The van der Waals surface area contributed by atoms with Gasteiger partial charge in [0.15, 0.2) is 0 Å². The molecule has 2 heterocycles. The Morgan fingerprint density at radius 1 is 1.62 bits per heavy atom. The number of rotatable bonds is 2. The van der Waals surface area contributed by atoms with Gasteiger partial charge in [-0.3, -0.25) is 4.98 Å². The molecule has 0 aromatic carbocycles. The smallest absolute Gasteiger partial charge is 0.0299 e. The Bertz CT molecular complexity index is 263. The summed E-state index contributed by atoms with van der Waals surface area (Å²) >= 11 is 2.41. The third kappa shape index (κ3) is 2.64. The summed E-state index contributed by atoms with van der Waals surface area (Å²) < 4.78 is 2.37. The van der Waals surface area contributed by atoms with Crippen molar-refractivity contribution in [3.05, 3.63) is 30.1 Å². The molecule has 0 bridgehead atoms.